The van der Waals surface area contributed by atoms with E-state index in [1.165, 1.54) is 22.3 Å². The van der Waals surface area contributed by atoms with Crippen molar-refractivity contribution in [2.45, 2.75) is 25.9 Å². The Hall–Kier alpha value is -4.44. The fourth-order valence-electron chi connectivity index (χ4n) is 5.33. The van der Waals surface area contributed by atoms with Gasteiger partial charge in [0.15, 0.2) is 0 Å². The minimum Gasteiger partial charge on any atom is -0.372 e. The molecule has 0 bridgehead atoms. The Bertz CT molecular complexity index is 1610. The number of hydrogen-bond donors (Lipinski definition) is 2. The number of pyridine rings is 2. The van der Waals surface area contributed by atoms with Gasteiger partial charge >= 0.3 is 0 Å². The summed E-state index contributed by atoms with van der Waals surface area (Å²) < 4.78 is 0. The van der Waals surface area contributed by atoms with Crippen molar-refractivity contribution in [2.24, 2.45) is 0 Å². The lowest BCUT2D eigenvalue weighted by molar-refractivity contribution is 0.941. The molecule has 0 fully saturated rings. The standard InChI is InChI=1S/C32H26N4/c1-19-6-8-21-10-12-23-14-16-27(35-31(23)29(21)33-19)25-4-3-5-26(18-25)28-17-15-24-13-11-22-9-7-20(2)34-30(22)32(24)36-28/h3-18,27-28,35-36H,1-2H3. The van der Waals surface area contributed by atoms with E-state index in [0.29, 0.717) is 0 Å². The predicted octanol–water partition coefficient (Wildman–Crippen LogP) is 7.76. The summed E-state index contributed by atoms with van der Waals surface area (Å²) in [7, 11) is 0. The van der Waals surface area contributed by atoms with Crippen LogP contribution in [0.5, 0.6) is 0 Å². The molecule has 0 amide bonds. The molecule has 174 valence electrons. The molecule has 7 rings (SSSR count). The second kappa shape index (κ2) is 8.06. The van der Waals surface area contributed by atoms with Gasteiger partial charge in [0.2, 0.25) is 0 Å². The highest BCUT2D eigenvalue weighted by atomic mass is 15.0. The third-order valence-corrected chi connectivity index (χ3v) is 7.23. The molecule has 2 N–H and O–H groups in total. The normalized spacial score (nSPS) is 17.9. The molecule has 4 nitrogen and oxygen atoms in total. The third kappa shape index (κ3) is 3.45. The van der Waals surface area contributed by atoms with Crippen molar-refractivity contribution in [2.75, 3.05) is 10.6 Å². The number of nitrogens with zero attached hydrogens (tertiary/aromatic N) is 2. The van der Waals surface area contributed by atoms with Gasteiger partial charge in [-0.25, -0.2) is 0 Å². The lowest BCUT2D eigenvalue weighted by Crippen LogP contribution is -2.16. The first-order valence-corrected chi connectivity index (χ1v) is 12.4. The number of aromatic nitrogens is 2. The van der Waals surface area contributed by atoms with Crippen molar-refractivity contribution >= 4 is 45.3 Å². The summed E-state index contributed by atoms with van der Waals surface area (Å²) >= 11 is 0. The molecule has 0 spiro atoms. The highest BCUT2D eigenvalue weighted by molar-refractivity contribution is 5.97. The van der Waals surface area contributed by atoms with Crippen molar-refractivity contribution in [1.29, 1.82) is 0 Å². The van der Waals surface area contributed by atoms with Crippen LogP contribution >= 0.6 is 0 Å². The first-order chi connectivity index (χ1) is 17.6. The Balaban J connectivity index is 1.23. The molecule has 36 heavy (non-hydrogen) atoms. The number of rotatable bonds is 2. The fourth-order valence-corrected chi connectivity index (χ4v) is 5.33. The molecule has 2 aromatic heterocycles. The zero-order chi connectivity index (χ0) is 24.2. The van der Waals surface area contributed by atoms with Crippen molar-refractivity contribution in [3.63, 3.8) is 0 Å². The van der Waals surface area contributed by atoms with Crippen LogP contribution in [0, 0.1) is 13.8 Å². The van der Waals surface area contributed by atoms with E-state index < -0.39 is 0 Å². The van der Waals surface area contributed by atoms with Crippen LogP contribution in [0.25, 0.3) is 34.0 Å². The molecule has 3 aromatic carbocycles. The van der Waals surface area contributed by atoms with Crippen molar-refractivity contribution in [1.82, 2.24) is 9.97 Å². The minimum absolute atomic E-state index is 0.0790. The average molecular weight is 467 g/mol. The van der Waals surface area contributed by atoms with E-state index in [-0.39, 0.29) is 12.1 Å². The topological polar surface area (TPSA) is 49.8 Å². The van der Waals surface area contributed by atoms with E-state index in [0.717, 1.165) is 44.6 Å². The first-order valence-electron chi connectivity index (χ1n) is 12.4. The molecule has 0 saturated heterocycles. The van der Waals surface area contributed by atoms with Gasteiger partial charge < -0.3 is 10.6 Å². The van der Waals surface area contributed by atoms with Crippen LogP contribution in [-0.2, 0) is 0 Å². The molecule has 4 heteroatoms. The van der Waals surface area contributed by atoms with Gasteiger partial charge in [0.05, 0.1) is 34.5 Å². The predicted molar refractivity (Wildman–Crippen MR) is 150 cm³/mol. The van der Waals surface area contributed by atoms with E-state index in [2.05, 4.69) is 108 Å². The SMILES string of the molecule is Cc1ccc2ccc3c(c2n1)NC(c1cccc(C2C=Cc4ccc5ccc(C)nc5c4N2)c1)C=C3. The maximum atomic E-state index is 4.84. The highest BCUT2D eigenvalue weighted by Gasteiger charge is 2.21. The molecule has 2 atom stereocenters. The quantitative estimate of drug-likeness (QED) is 0.279. The van der Waals surface area contributed by atoms with Gasteiger partial charge in [-0.2, -0.15) is 0 Å². The van der Waals surface area contributed by atoms with Gasteiger partial charge in [0, 0.05) is 22.2 Å². The molecular formula is C32H26N4. The number of benzene rings is 3. The number of hydrogen-bond acceptors (Lipinski definition) is 4. The second-order valence-corrected chi connectivity index (χ2v) is 9.74. The summed E-state index contributed by atoms with van der Waals surface area (Å²) in [6, 6.07) is 26.0. The Labute approximate surface area is 210 Å². The summed E-state index contributed by atoms with van der Waals surface area (Å²) in [6.45, 7) is 4.09. The molecule has 2 unspecified atom stereocenters. The van der Waals surface area contributed by atoms with Crippen LogP contribution < -0.4 is 10.6 Å². The molecule has 0 aliphatic carbocycles. The van der Waals surface area contributed by atoms with Crippen LogP contribution in [0.15, 0.2) is 84.9 Å². The average Bonchev–Trinajstić information content (AvgIpc) is 2.92. The van der Waals surface area contributed by atoms with E-state index in [9.17, 15) is 0 Å². The lowest BCUT2D eigenvalue weighted by atomic mass is 9.93. The molecule has 0 saturated carbocycles. The van der Waals surface area contributed by atoms with E-state index in [4.69, 9.17) is 9.97 Å². The molecule has 2 aliphatic rings. The van der Waals surface area contributed by atoms with Crippen molar-refractivity contribution < 1.29 is 0 Å². The molecule has 4 heterocycles. The summed E-state index contributed by atoms with van der Waals surface area (Å²) in [5.74, 6) is 0. The van der Waals surface area contributed by atoms with Gasteiger partial charge in [-0.05, 0) is 48.2 Å². The fraction of sp³-hybridized carbons (Fsp3) is 0.125. The van der Waals surface area contributed by atoms with Gasteiger partial charge in [0.1, 0.15) is 0 Å². The Morgan fingerprint density at radius 3 is 1.56 bits per heavy atom. The number of nitrogens with one attached hydrogen (secondary N) is 2. The Morgan fingerprint density at radius 1 is 0.583 bits per heavy atom. The highest BCUT2D eigenvalue weighted by Crippen LogP contribution is 2.38. The smallest absolute Gasteiger partial charge is 0.0942 e. The van der Waals surface area contributed by atoms with Crippen molar-refractivity contribution in [3.05, 3.63) is 119 Å². The monoisotopic (exact) mass is 466 g/mol. The van der Waals surface area contributed by atoms with Crippen molar-refractivity contribution in [3.8, 4) is 0 Å². The van der Waals surface area contributed by atoms with E-state index >= 15 is 0 Å². The zero-order valence-corrected chi connectivity index (χ0v) is 20.3. The maximum absolute atomic E-state index is 4.84. The Morgan fingerprint density at radius 2 is 1.06 bits per heavy atom. The van der Waals surface area contributed by atoms with Crippen LogP contribution in [0.1, 0.15) is 45.7 Å². The Kier molecular flexibility index (Phi) is 4.68. The third-order valence-electron chi connectivity index (χ3n) is 7.23. The molecule has 0 radical (unpaired) electrons. The summed E-state index contributed by atoms with van der Waals surface area (Å²) in [4.78, 5) is 9.68. The maximum Gasteiger partial charge on any atom is 0.0942 e. The van der Waals surface area contributed by atoms with Crippen LogP contribution in [0.3, 0.4) is 0 Å². The number of anilines is 2. The van der Waals surface area contributed by atoms with E-state index in [1.807, 2.05) is 13.8 Å². The van der Waals surface area contributed by atoms with E-state index in [1.54, 1.807) is 0 Å². The number of fused-ring (bicyclic) bond motifs is 6. The summed E-state index contributed by atoms with van der Waals surface area (Å²) in [5.41, 5.74) is 11.1. The summed E-state index contributed by atoms with van der Waals surface area (Å²) in [5, 5.41) is 9.83. The largest absolute Gasteiger partial charge is 0.372 e. The zero-order valence-electron chi connectivity index (χ0n) is 20.3. The van der Waals surface area contributed by atoms with Crippen LogP contribution in [-0.4, -0.2) is 9.97 Å². The van der Waals surface area contributed by atoms with Gasteiger partial charge in [-0.15, -0.1) is 0 Å². The lowest BCUT2D eigenvalue weighted by Gasteiger charge is -2.27. The van der Waals surface area contributed by atoms with Crippen LogP contribution in [0.2, 0.25) is 0 Å². The van der Waals surface area contributed by atoms with Crippen LogP contribution in [0.4, 0.5) is 11.4 Å². The second-order valence-electron chi connectivity index (χ2n) is 9.74. The molecule has 5 aromatic rings. The van der Waals surface area contributed by atoms with Gasteiger partial charge in [-0.3, -0.25) is 9.97 Å². The number of aryl methyl sites for hydroxylation is 2. The summed E-state index contributed by atoms with van der Waals surface area (Å²) in [6.07, 6.45) is 8.90. The minimum atomic E-state index is 0.0790. The first kappa shape index (κ1) is 20.9. The van der Waals surface area contributed by atoms with Gasteiger partial charge in [0.25, 0.3) is 0 Å². The molecular weight excluding hydrogens is 440 g/mol. The molecule has 2 aliphatic heterocycles. The van der Waals surface area contributed by atoms with Gasteiger partial charge in [-0.1, -0.05) is 85.0 Å².